The quantitative estimate of drug-likeness (QED) is 0.648. The Morgan fingerprint density at radius 1 is 1.40 bits per heavy atom. The maximum atomic E-state index is 9.00. The van der Waals surface area contributed by atoms with E-state index in [-0.39, 0.29) is 0 Å². The summed E-state index contributed by atoms with van der Waals surface area (Å²) in [5.74, 6) is 0.0718. The van der Waals surface area contributed by atoms with Crippen LogP contribution in [0.5, 0.6) is 0 Å². The third-order valence-corrected chi connectivity index (χ3v) is 4.86. The predicted octanol–water partition coefficient (Wildman–Crippen LogP) is 2.25. The molecule has 0 heterocycles. The van der Waals surface area contributed by atoms with Gasteiger partial charge in [0.1, 0.15) is 0 Å². The van der Waals surface area contributed by atoms with Crippen LogP contribution in [0.4, 0.5) is 0 Å². The first-order valence-corrected chi connectivity index (χ1v) is 5.67. The summed E-state index contributed by atoms with van der Waals surface area (Å²) in [7, 11) is 0. The van der Waals surface area contributed by atoms with E-state index in [4.69, 9.17) is 15.6 Å². The van der Waals surface area contributed by atoms with Gasteiger partial charge in [-0.2, -0.15) is 0 Å². The van der Waals surface area contributed by atoms with Crippen molar-refractivity contribution in [3.8, 4) is 0 Å². The summed E-state index contributed by atoms with van der Waals surface area (Å²) in [4.78, 5) is 9.00. The van der Waals surface area contributed by atoms with Crippen LogP contribution in [-0.2, 0) is 4.79 Å². The number of rotatable bonds is 0. The molecule has 0 aromatic rings. The Hall–Kier alpha value is -0.570. The lowest BCUT2D eigenvalue weighted by atomic mass is 9.69. The molecule has 3 heteroatoms. The minimum Gasteiger partial charge on any atom is -0.481 e. The lowest BCUT2D eigenvalue weighted by Crippen LogP contribution is -2.40. The van der Waals surface area contributed by atoms with Gasteiger partial charge in [0.2, 0.25) is 0 Å². The first kappa shape index (κ1) is 12.5. The Morgan fingerprint density at radius 2 is 1.87 bits per heavy atom. The molecule has 2 aliphatic rings. The summed E-state index contributed by atoms with van der Waals surface area (Å²) in [6, 6.07) is 0.469. The highest BCUT2D eigenvalue weighted by Gasteiger charge is 2.59. The van der Waals surface area contributed by atoms with Gasteiger partial charge in [0.25, 0.3) is 5.97 Å². The number of hydrogen-bond donors (Lipinski definition) is 2. The Balaban J connectivity index is 0.000000245. The average molecular weight is 213 g/mol. The van der Waals surface area contributed by atoms with Gasteiger partial charge >= 0.3 is 0 Å². The number of hydrogen-bond acceptors (Lipinski definition) is 2. The van der Waals surface area contributed by atoms with E-state index < -0.39 is 5.97 Å². The first-order valence-electron chi connectivity index (χ1n) is 5.67. The normalized spacial score (nSPS) is 40.9. The molecule has 3 N–H and O–H groups in total. The van der Waals surface area contributed by atoms with Gasteiger partial charge in [0, 0.05) is 13.0 Å². The Kier molecular flexibility index (Phi) is 3.15. The molecule has 3 atom stereocenters. The largest absolute Gasteiger partial charge is 0.481 e. The van der Waals surface area contributed by atoms with Crippen LogP contribution in [0.25, 0.3) is 0 Å². The number of nitrogens with two attached hydrogens (primary N) is 1. The summed E-state index contributed by atoms with van der Waals surface area (Å²) in [6.07, 6.45) is 4.03. The van der Waals surface area contributed by atoms with E-state index in [1.54, 1.807) is 0 Å². The smallest absolute Gasteiger partial charge is 0.300 e. The van der Waals surface area contributed by atoms with Crippen molar-refractivity contribution < 1.29 is 9.90 Å². The van der Waals surface area contributed by atoms with Gasteiger partial charge < -0.3 is 10.8 Å². The molecule has 0 aromatic carbocycles. The standard InChI is InChI=1S/C10H19N.C2H4O2/c1-9(2)7-4-5-10(9,3)8(11)6-7;1-2(3)4/h7-8H,4-6,11H2,1-3H3;1H3,(H,3,4)/t7-,8+,10+;/m0./s1. The molecule has 0 aromatic heterocycles. The van der Waals surface area contributed by atoms with Crippen molar-refractivity contribution in [1.82, 2.24) is 0 Å². The summed E-state index contributed by atoms with van der Waals surface area (Å²) in [5.41, 5.74) is 7.08. The fraction of sp³-hybridized carbons (Fsp3) is 0.917. The summed E-state index contributed by atoms with van der Waals surface area (Å²) >= 11 is 0. The zero-order valence-corrected chi connectivity index (χ0v) is 10.2. The minimum atomic E-state index is -0.833. The summed E-state index contributed by atoms with van der Waals surface area (Å²) in [6.45, 7) is 8.26. The number of carbonyl (C=O) groups is 1. The van der Waals surface area contributed by atoms with Gasteiger partial charge in [0.05, 0.1) is 0 Å². The lowest BCUT2D eigenvalue weighted by Gasteiger charge is -2.37. The highest BCUT2D eigenvalue weighted by molar-refractivity contribution is 5.62. The first-order chi connectivity index (χ1) is 6.72. The van der Waals surface area contributed by atoms with Crippen LogP contribution >= 0.6 is 0 Å². The van der Waals surface area contributed by atoms with Crippen molar-refractivity contribution in [2.75, 3.05) is 0 Å². The molecule has 0 saturated heterocycles. The molecule has 2 fully saturated rings. The third-order valence-electron chi connectivity index (χ3n) is 4.86. The summed E-state index contributed by atoms with van der Waals surface area (Å²) < 4.78 is 0. The average Bonchev–Trinajstić information content (AvgIpc) is 2.36. The Bertz CT molecular complexity index is 258. The molecule has 2 rings (SSSR count). The molecule has 88 valence electrons. The molecule has 3 nitrogen and oxygen atoms in total. The molecule has 2 saturated carbocycles. The third kappa shape index (κ3) is 1.89. The molecule has 0 aliphatic heterocycles. The highest BCUT2D eigenvalue weighted by Crippen LogP contribution is 2.64. The van der Waals surface area contributed by atoms with Crippen LogP contribution in [0.15, 0.2) is 0 Å². The molecule has 0 spiro atoms. The van der Waals surface area contributed by atoms with Crippen LogP contribution in [0.2, 0.25) is 0 Å². The molecule has 2 bridgehead atoms. The SMILES string of the molecule is CC(=O)O.CC1(C)[C@H]2CC[C@]1(C)[C@H](N)C2. The maximum Gasteiger partial charge on any atom is 0.300 e. The number of carboxylic acid groups (broad SMARTS) is 1. The fourth-order valence-corrected chi connectivity index (χ4v) is 3.27. The monoisotopic (exact) mass is 213 g/mol. The van der Waals surface area contributed by atoms with E-state index in [1.165, 1.54) is 19.3 Å². The second kappa shape index (κ2) is 3.78. The van der Waals surface area contributed by atoms with Crippen molar-refractivity contribution in [2.45, 2.75) is 53.0 Å². The van der Waals surface area contributed by atoms with E-state index in [0.717, 1.165) is 12.8 Å². The summed E-state index contributed by atoms with van der Waals surface area (Å²) in [5, 5.41) is 7.42. The number of carboxylic acids is 1. The highest BCUT2D eigenvalue weighted by atomic mass is 16.4. The lowest BCUT2D eigenvalue weighted by molar-refractivity contribution is -0.134. The minimum absolute atomic E-state index is 0.442. The van der Waals surface area contributed by atoms with E-state index >= 15 is 0 Å². The van der Waals surface area contributed by atoms with Crippen molar-refractivity contribution in [1.29, 1.82) is 0 Å². The van der Waals surface area contributed by atoms with Crippen LogP contribution in [0.1, 0.15) is 47.0 Å². The maximum absolute atomic E-state index is 9.00. The van der Waals surface area contributed by atoms with Crippen molar-refractivity contribution in [2.24, 2.45) is 22.5 Å². The molecular weight excluding hydrogens is 190 g/mol. The van der Waals surface area contributed by atoms with E-state index in [1.807, 2.05) is 0 Å². The molecule has 0 amide bonds. The molecule has 15 heavy (non-hydrogen) atoms. The Morgan fingerprint density at radius 3 is 2.00 bits per heavy atom. The van der Waals surface area contributed by atoms with Gasteiger partial charge in [0.15, 0.2) is 0 Å². The second-order valence-electron chi connectivity index (χ2n) is 5.74. The zero-order chi connectivity index (χ0) is 11.9. The van der Waals surface area contributed by atoms with Crippen LogP contribution in [-0.4, -0.2) is 17.1 Å². The number of fused-ring (bicyclic) bond motifs is 2. The fourth-order valence-electron chi connectivity index (χ4n) is 3.27. The van der Waals surface area contributed by atoms with Crippen molar-refractivity contribution in [3.63, 3.8) is 0 Å². The second-order valence-corrected chi connectivity index (χ2v) is 5.74. The van der Waals surface area contributed by atoms with Gasteiger partial charge in [-0.3, -0.25) is 4.79 Å². The van der Waals surface area contributed by atoms with Crippen LogP contribution < -0.4 is 5.73 Å². The predicted molar refractivity (Wildman–Crippen MR) is 60.5 cm³/mol. The topological polar surface area (TPSA) is 63.3 Å². The van der Waals surface area contributed by atoms with Crippen molar-refractivity contribution >= 4 is 5.97 Å². The van der Waals surface area contributed by atoms with Crippen LogP contribution in [0, 0.1) is 16.7 Å². The van der Waals surface area contributed by atoms with Gasteiger partial charge in [-0.1, -0.05) is 20.8 Å². The van der Waals surface area contributed by atoms with Gasteiger partial charge in [-0.25, -0.2) is 0 Å². The van der Waals surface area contributed by atoms with Crippen molar-refractivity contribution in [3.05, 3.63) is 0 Å². The van der Waals surface area contributed by atoms with E-state index in [2.05, 4.69) is 20.8 Å². The van der Waals surface area contributed by atoms with E-state index in [9.17, 15) is 0 Å². The Labute approximate surface area is 92.0 Å². The van der Waals surface area contributed by atoms with Gasteiger partial charge in [-0.15, -0.1) is 0 Å². The molecule has 0 unspecified atom stereocenters. The number of aliphatic carboxylic acids is 1. The van der Waals surface area contributed by atoms with Gasteiger partial charge in [-0.05, 0) is 36.0 Å². The zero-order valence-electron chi connectivity index (χ0n) is 10.2. The molecule has 0 radical (unpaired) electrons. The molecular formula is C12H23NO2. The van der Waals surface area contributed by atoms with E-state index in [0.29, 0.717) is 16.9 Å². The van der Waals surface area contributed by atoms with Crippen LogP contribution in [0.3, 0.4) is 0 Å². The molecule has 2 aliphatic carbocycles.